The summed E-state index contributed by atoms with van der Waals surface area (Å²) in [5.41, 5.74) is 1.01. The van der Waals surface area contributed by atoms with Crippen LogP contribution in [0.3, 0.4) is 0 Å². The number of hydrogen-bond acceptors (Lipinski definition) is 7. The Morgan fingerprint density at radius 2 is 2.04 bits per heavy atom. The molecule has 2 rings (SSSR count). The van der Waals surface area contributed by atoms with Gasteiger partial charge in [-0.1, -0.05) is 0 Å². The molecule has 1 heterocycles. The van der Waals surface area contributed by atoms with Crippen LogP contribution < -0.4 is 14.2 Å². The number of aliphatic carboxylic acids is 1. The van der Waals surface area contributed by atoms with Crippen LogP contribution in [0.15, 0.2) is 28.5 Å². The molecule has 8 nitrogen and oxygen atoms in total. The second kappa shape index (κ2) is 7.53. The number of nitrogens with one attached hydrogen (secondary N) is 1. The lowest BCUT2D eigenvalue weighted by molar-refractivity contribution is -0.131. The third kappa shape index (κ3) is 4.48. The van der Waals surface area contributed by atoms with Crippen molar-refractivity contribution in [1.29, 1.82) is 0 Å². The largest absolute Gasteiger partial charge is 0.493 e. The Hall–Kier alpha value is -2.59. The first-order chi connectivity index (χ1) is 11.8. The van der Waals surface area contributed by atoms with Gasteiger partial charge >= 0.3 is 5.97 Å². The van der Waals surface area contributed by atoms with E-state index in [0.717, 1.165) is 17.4 Å². The van der Waals surface area contributed by atoms with Crippen LogP contribution in [0.4, 0.5) is 5.13 Å². The van der Waals surface area contributed by atoms with Gasteiger partial charge in [-0.05, 0) is 30.7 Å². The SMILES string of the molecule is COc1cc(/C=C/C(=O)O)cc(S(=O)(=O)Nc2nc(C)cs2)c1OC. The lowest BCUT2D eigenvalue weighted by Gasteiger charge is -2.14. The van der Waals surface area contributed by atoms with E-state index in [0.29, 0.717) is 11.3 Å². The molecule has 0 aliphatic carbocycles. The van der Waals surface area contributed by atoms with Gasteiger partial charge in [0.2, 0.25) is 0 Å². The van der Waals surface area contributed by atoms with E-state index in [-0.39, 0.29) is 21.5 Å². The Kier molecular flexibility index (Phi) is 5.65. The molecule has 0 radical (unpaired) electrons. The average molecular weight is 384 g/mol. The lowest BCUT2D eigenvalue weighted by atomic mass is 10.2. The summed E-state index contributed by atoms with van der Waals surface area (Å²) < 4.78 is 38.2. The number of rotatable bonds is 7. The summed E-state index contributed by atoms with van der Waals surface area (Å²) in [4.78, 5) is 14.6. The smallest absolute Gasteiger partial charge is 0.328 e. The number of benzene rings is 1. The summed E-state index contributed by atoms with van der Waals surface area (Å²) in [6, 6.07) is 2.77. The standard InChI is InChI=1S/C15H16N2O6S2/c1-9-8-24-15(16-9)17-25(20,21)12-7-10(4-5-13(18)19)6-11(22-2)14(12)23-3/h4-8H,1-3H3,(H,16,17)(H,18,19)/b5-4+. The van der Waals surface area contributed by atoms with Gasteiger partial charge in [-0.2, -0.15) is 0 Å². The zero-order chi connectivity index (χ0) is 18.6. The summed E-state index contributed by atoms with van der Waals surface area (Å²) in [6.07, 6.45) is 2.16. The molecule has 0 spiro atoms. The fourth-order valence-electron chi connectivity index (χ4n) is 1.98. The number of aromatic nitrogens is 1. The fourth-order valence-corrected chi connectivity index (χ4v) is 4.14. The van der Waals surface area contributed by atoms with Crippen LogP contribution in [0.5, 0.6) is 11.5 Å². The molecule has 0 saturated carbocycles. The maximum atomic E-state index is 12.7. The summed E-state index contributed by atoms with van der Waals surface area (Å²) in [5.74, 6) is -0.989. The van der Waals surface area contributed by atoms with Gasteiger partial charge in [-0.3, -0.25) is 4.72 Å². The molecular weight excluding hydrogens is 368 g/mol. The fraction of sp³-hybridized carbons (Fsp3) is 0.200. The van der Waals surface area contributed by atoms with Crippen molar-refractivity contribution >= 4 is 38.5 Å². The highest BCUT2D eigenvalue weighted by Gasteiger charge is 2.24. The van der Waals surface area contributed by atoms with Crippen molar-refractivity contribution in [2.24, 2.45) is 0 Å². The van der Waals surface area contributed by atoms with Crippen LogP contribution in [0.2, 0.25) is 0 Å². The third-order valence-electron chi connectivity index (χ3n) is 3.02. The van der Waals surface area contributed by atoms with Crippen LogP contribution in [-0.4, -0.2) is 38.7 Å². The van der Waals surface area contributed by atoms with Crippen molar-refractivity contribution in [2.45, 2.75) is 11.8 Å². The van der Waals surface area contributed by atoms with Crippen molar-refractivity contribution in [3.63, 3.8) is 0 Å². The van der Waals surface area contributed by atoms with E-state index in [1.165, 1.54) is 32.4 Å². The van der Waals surface area contributed by atoms with Gasteiger partial charge in [0.05, 0.1) is 19.9 Å². The predicted molar refractivity (Wildman–Crippen MR) is 93.9 cm³/mol. The Morgan fingerprint density at radius 3 is 2.56 bits per heavy atom. The number of carbonyl (C=O) groups is 1. The number of aryl methyl sites for hydroxylation is 1. The van der Waals surface area contributed by atoms with E-state index in [9.17, 15) is 13.2 Å². The van der Waals surface area contributed by atoms with Crippen molar-refractivity contribution in [1.82, 2.24) is 4.98 Å². The molecule has 1 aromatic carbocycles. The van der Waals surface area contributed by atoms with Crippen LogP contribution in [0.25, 0.3) is 6.08 Å². The average Bonchev–Trinajstić information content (AvgIpc) is 2.95. The number of nitrogens with zero attached hydrogens (tertiary/aromatic N) is 1. The van der Waals surface area contributed by atoms with Crippen LogP contribution in [0, 0.1) is 6.92 Å². The molecule has 0 saturated heterocycles. The number of sulfonamides is 1. The molecule has 25 heavy (non-hydrogen) atoms. The minimum atomic E-state index is -4.02. The lowest BCUT2D eigenvalue weighted by Crippen LogP contribution is -2.14. The van der Waals surface area contributed by atoms with Crippen molar-refractivity contribution < 1.29 is 27.8 Å². The number of ether oxygens (including phenoxy) is 2. The number of thiazole rings is 1. The monoisotopic (exact) mass is 384 g/mol. The quantitative estimate of drug-likeness (QED) is 0.704. The van der Waals surface area contributed by atoms with E-state index in [2.05, 4.69) is 9.71 Å². The van der Waals surface area contributed by atoms with E-state index >= 15 is 0 Å². The van der Waals surface area contributed by atoms with Crippen LogP contribution >= 0.6 is 11.3 Å². The first kappa shape index (κ1) is 18.7. The highest BCUT2D eigenvalue weighted by molar-refractivity contribution is 7.93. The second-order valence-corrected chi connectivity index (χ2v) is 7.33. The van der Waals surface area contributed by atoms with Gasteiger partial charge in [0, 0.05) is 11.5 Å². The Balaban J connectivity index is 2.56. The number of hydrogen-bond donors (Lipinski definition) is 2. The Labute approximate surface area is 148 Å². The van der Waals surface area contributed by atoms with Crippen molar-refractivity contribution in [2.75, 3.05) is 18.9 Å². The predicted octanol–water partition coefficient (Wildman–Crippen LogP) is 2.37. The normalized spacial score (nSPS) is 11.5. The molecular formula is C15H16N2O6S2. The number of carboxylic acid groups (broad SMARTS) is 1. The summed E-state index contributed by atoms with van der Waals surface area (Å²) in [6.45, 7) is 1.75. The van der Waals surface area contributed by atoms with Gasteiger partial charge in [-0.15, -0.1) is 11.3 Å². The number of methoxy groups -OCH3 is 2. The minimum Gasteiger partial charge on any atom is -0.493 e. The zero-order valence-corrected chi connectivity index (χ0v) is 15.3. The molecule has 0 unspecified atom stereocenters. The zero-order valence-electron chi connectivity index (χ0n) is 13.6. The van der Waals surface area contributed by atoms with Crippen LogP contribution in [0.1, 0.15) is 11.3 Å². The van der Waals surface area contributed by atoms with Gasteiger partial charge < -0.3 is 14.6 Å². The summed E-state index contributed by atoms with van der Waals surface area (Å²) >= 11 is 1.15. The summed E-state index contributed by atoms with van der Waals surface area (Å²) in [5, 5.41) is 10.7. The van der Waals surface area contributed by atoms with Gasteiger partial charge in [-0.25, -0.2) is 18.2 Å². The highest BCUT2D eigenvalue weighted by Crippen LogP contribution is 2.37. The Morgan fingerprint density at radius 1 is 1.32 bits per heavy atom. The second-order valence-electron chi connectivity index (χ2n) is 4.83. The summed E-state index contributed by atoms with van der Waals surface area (Å²) in [7, 11) is -1.35. The molecule has 0 bridgehead atoms. The van der Waals surface area contributed by atoms with Crippen molar-refractivity contribution in [3.05, 3.63) is 34.8 Å². The number of anilines is 1. The Bertz CT molecular complexity index is 918. The highest BCUT2D eigenvalue weighted by atomic mass is 32.2. The van der Waals surface area contributed by atoms with Gasteiger partial charge in [0.15, 0.2) is 16.6 Å². The first-order valence-electron chi connectivity index (χ1n) is 6.89. The molecule has 0 amide bonds. The van der Waals surface area contributed by atoms with Gasteiger partial charge in [0.1, 0.15) is 4.90 Å². The minimum absolute atomic E-state index is 0.00996. The molecule has 0 aliphatic rings. The molecule has 2 aromatic rings. The topological polar surface area (TPSA) is 115 Å². The maximum Gasteiger partial charge on any atom is 0.328 e. The van der Waals surface area contributed by atoms with E-state index in [4.69, 9.17) is 14.6 Å². The van der Waals surface area contributed by atoms with E-state index in [1.54, 1.807) is 12.3 Å². The third-order valence-corrected chi connectivity index (χ3v) is 5.36. The van der Waals surface area contributed by atoms with Crippen LogP contribution in [-0.2, 0) is 14.8 Å². The molecule has 10 heteroatoms. The molecule has 0 fully saturated rings. The molecule has 0 aliphatic heterocycles. The molecule has 0 atom stereocenters. The number of carboxylic acids is 1. The molecule has 1 aromatic heterocycles. The molecule has 2 N–H and O–H groups in total. The maximum absolute atomic E-state index is 12.7. The van der Waals surface area contributed by atoms with E-state index < -0.39 is 16.0 Å². The van der Waals surface area contributed by atoms with E-state index in [1.807, 2.05) is 0 Å². The first-order valence-corrected chi connectivity index (χ1v) is 9.25. The van der Waals surface area contributed by atoms with Gasteiger partial charge in [0.25, 0.3) is 10.0 Å². The molecule has 134 valence electrons. The van der Waals surface area contributed by atoms with Crippen molar-refractivity contribution in [3.8, 4) is 11.5 Å².